The molecule has 0 saturated carbocycles. The average molecular weight is 653 g/mol. The Balaban J connectivity index is -0.0000000897. The molecule has 42 heavy (non-hydrogen) atoms. The number of ether oxygens (including phenoxy) is 2. The van der Waals surface area contributed by atoms with E-state index in [1.165, 1.54) is 51.9 Å². The van der Waals surface area contributed by atoms with Crippen LogP contribution in [0.3, 0.4) is 0 Å². The van der Waals surface area contributed by atoms with Crippen LogP contribution >= 0.6 is 19.6 Å². The van der Waals surface area contributed by atoms with Gasteiger partial charge in [-0.2, -0.15) is 0 Å². The molecule has 0 heterocycles. The number of phosphoric acid groups is 1. The van der Waals surface area contributed by atoms with Gasteiger partial charge in [0.2, 0.25) is 0 Å². The normalized spacial score (nSPS) is 9.95. The zero-order chi connectivity index (χ0) is 30.3. The van der Waals surface area contributed by atoms with Gasteiger partial charge in [0.1, 0.15) is 12.9 Å². The molecule has 0 radical (unpaired) electrons. The number of phosphoric ester groups is 1. The molecule has 0 rings (SSSR count). The Morgan fingerprint density at radius 1 is 0.857 bits per heavy atom. The van der Waals surface area contributed by atoms with Crippen molar-refractivity contribution in [2.75, 3.05) is 20.0 Å². The first-order valence-electron chi connectivity index (χ1n) is 13.3. The summed E-state index contributed by atoms with van der Waals surface area (Å²) in [7, 11) is -5.15. The van der Waals surface area contributed by atoms with Crippen LogP contribution in [0.4, 0.5) is 0 Å². The van der Waals surface area contributed by atoms with E-state index >= 15 is 0 Å². The molecular formula is C29H51Na2O9PS. The molecule has 0 aliphatic rings. The number of aliphatic hydroxyl groups excluding tert-OH is 1. The zero-order valence-electron chi connectivity index (χ0n) is 25.8. The van der Waals surface area contributed by atoms with Crippen molar-refractivity contribution in [3.63, 3.8) is 0 Å². The fourth-order valence-corrected chi connectivity index (χ4v) is 3.56. The second kappa shape index (κ2) is 36.9. The van der Waals surface area contributed by atoms with Crippen molar-refractivity contribution in [1.29, 1.82) is 0 Å². The molecule has 0 spiro atoms. The summed E-state index contributed by atoms with van der Waals surface area (Å²) in [6, 6.07) is 0. The Bertz CT molecular complexity index is 1010. The Morgan fingerprint density at radius 3 is 1.83 bits per heavy atom. The van der Waals surface area contributed by atoms with Gasteiger partial charge in [-0.05, 0) is 54.1 Å². The minimum Gasteiger partial charge on any atom is -0.790 e. The summed E-state index contributed by atoms with van der Waals surface area (Å²) in [5.74, 6) is 17.1. The Morgan fingerprint density at radius 2 is 1.36 bits per heavy atom. The van der Waals surface area contributed by atoms with Gasteiger partial charge < -0.3 is 33.5 Å². The van der Waals surface area contributed by atoms with E-state index in [0.717, 1.165) is 31.0 Å². The smallest absolute Gasteiger partial charge is 0.790 e. The van der Waals surface area contributed by atoms with Crippen LogP contribution in [0.1, 0.15) is 105 Å². The van der Waals surface area contributed by atoms with Gasteiger partial charge in [0, 0.05) is 32.2 Å². The molecule has 1 atom stereocenters. The Labute approximate surface area is 308 Å². The number of unbranched alkanes of at least 4 members (excludes halogenated alkanes) is 10. The first-order valence-corrected chi connectivity index (χ1v) is 15.6. The van der Waals surface area contributed by atoms with Crippen LogP contribution in [0, 0.1) is 46.7 Å². The number of thioether (sulfide) groups is 1. The monoisotopic (exact) mass is 652 g/mol. The van der Waals surface area contributed by atoms with Crippen molar-refractivity contribution < 1.29 is 109 Å². The number of hydrogen-bond donors (Lipinski definition) is 1. The maximum atomic E-state index is 11.8. The predicted octanol–water partition coefficient (Wildman–Crippen LogP) is -1.09. The molecular weight excluding hydrogens is 601 g/mol. The Hall–Kier alpha value is -0.240. The molecule has 9 nitrogen and oxygen atoms in total. The van der Waals surface area contributed by atoms with Gasteiger partial charge in [-0.1, -0.05) is 77.1 Å². The van der Waals surface area contributed by atoms with E-state index in [4.69, 9.17) is 9.84 Å². The summed E-state index contributed by atoms with van der Waals surface area (Å²) < 4.78 is 24.3. The molecule has 0 unspecified atom stereocenters. The van der Waals surface area contributed by atoms with E-state index < -0.39 is 33.3 Å². The summed E-state index contributed by atoms with van der Waals surface area (Å²) in [5, 5.41) is 11.1. The van der Waals surface area contributed by atoms with E-state index in [1.807, 2.05) is 0 Å². The molecule has 0 amide bonds. The largest absolute Gasteiger partial charge is 1.00 e. The third kappa shape index (κ3) is 44.2. The minimum atomic E-state index is -5.15. The van der Waals surface area contributed by atoms with Gasteiger partial charge in [0.15, 0.2) is 5.12 Å². The van der Waals surface area contributed by atoms with Crippen LogP contribution < -0.4 is 68.9 Å². The SMILES string of the molecule is CC#CC#CC#CC#CSC(C)=O.CCCCCCCCCCCCCC(=O)O[C@@H](COCO)COP(=O)([O-])[O-].[HH].[HH].[HH].[HH].[HH].[Na+].[Na+]. The fraction of sp³-hybridized carbons (Fsp3) is 0.655. The summed E-state index contributed by atoms with van der Waals surface area (Å²) >= 11 is 0.921. The molecule has 0 bridgehead atoms. The van der Waals surface area contributed by atoms with Crippen molar-refractivity contribution in [1.82, 2.24) is 0 Å². The maximum absolute atomic E-state index is 11.8. The summed E-state index contributed by atoms with van der Waals surface area (Å²) in [6.07, 6.45) is 12.0. The van der Waals surface area contributed by atoms with Crippen molar-refractivity contribution in [3.8, 4) is 46.7 Å². The molecule has 0 aliphatic heterocycles. The molecule has 0 aromatic carbocycles. The van der Waals surface area contributed by atoms with E-state index in [0.29, 0.717) is 6.42 Å². The predicted molar refractivity (Wildman–Crippen MR) is 163 cm³/mol. The van der Waals surface area contributed by atoms with Crippen LogP contribution in [0.5, 0.6) is 0 Å². The number of rotatable bonds is 19. The number of hydrogen-bond acceptors (Lipinski definition) is 10. The maximum Gasteiger partial charge on any atom is 1.00 e. The topological polar surface area (TPSA) is 145 Å². The van der Waals surface area contributed by atoms with Gasteiger partial charge in [0.25, 0.3) is 0 Å². The van der Waals surface area contributed by atoms with Crippen LogP contribution in [-0.4, -0.2) is 42.3 Å². The molecule has 13 heteroatoms. The Kier molecular flexibility index (Phi) is 42.8. The minimum absolute atomic E-state index is 0. The third-order valence-corrected chi connectivity index (χ3v) is 5.74. The van der Waals surface area contributed by atoms with Crippen LogP contribution in [-0.2, 0) is 28.2 Å². The van der Waals surface area contributed by atoms with Crippen molar-refractivity contribution in [3.05, 3.63) is 0 Å². The van der Waals surface area contributed by atoms with Gasteiger partial charge in [-0.3, -0.25) is 9.59 Å². The van der Waals surface area contributed by atoms with Crippen molar-refractivity contribution in [2.45, 2.75) is 104 Å². The van der Waals surface area contributed by atoms with Crippen molar-refractivity contribution >= 4 is 30.7 Å². The van der Waals surface area contributed by atoms with Gasteiger partial charge >= 0.3 is 65.1 Å². The number of esters is 1. The second-order valence-electron chi connectivity index (χ2n) is 8.34. The third-order valence-electron chi connectivity index (χ3n) is 4.78. The van der Waals surface area contributed by atoms with Gasteiger partial charge in [0.05, 0.1) is 21.0 Å². The molecule has 0 aromatic heterocycles. The van der Waals surface area contributed by atoms with Crippen LogP contribution in [0.15, 0.2) is 0 Å². The molecule has 234 valence electrons. The van der Waals surface area contributed by atoms with Gasteiger partial charge in [-0.15, -0.1) is 0 Å². The zero-order valence-corrected chi connectivity index (χ0v) is 31.5. The molecule has 1 N–H and O–H groups in total. The standard InChI is InChI=1S/C18H37O8P.C11H6OS.2Na.5H2/c1-2-3-4-5-6-7-8-9-10-11-12-13-18(20)26-17(14-24-16-19)15-25-27(21,22)23;1-3-4-5-6-7-8-9-10-13-11(2)12;;;;;;;/h17,19H,2-16H2,1H3,(H2,21,22,23);1-2H3;;;5*1H/q;;2*+1;;;;;/p-2/t17-;;;;;;;;/m0......../s1. The molecule has 0 fully saturated rings. The number of aliphatic hydroxyl groups is 1. The van der Waals surface area contributed by atoms with E-state index in [9.17, 15) is 23.9 Å². The number of carbonyl (C=O) groups is 2. The quantitative estimate of drug-likeness (QED) is 0.0456. The first-order chi connectivity index (χ1) is 19.2. The summed E-state index contributed by atoms with van der Waals surface area (Å²) in [4.78, 5) is 43.2. The van der Waals surface area contributed by atoms with E-state index in [2.05, 4.69) is 62.9 Å². The first kappa shape index (κ1) is 48.7. The second-order valence-corrected chi connectivity index (χ2v) is 10.5. The molecule has 0 saturated heterocycles. The van der Waals surface area contributed by atoms with Gasteiger partial charge in [-0.25, -0.2) is 0 Å². The fourth-order valence-electron chi connectivity index (χ4n) is 2.96. The van der Waals surface area contributed by atoms with E-state index in [-0.39, 0.29) is 84.4 Å². The summed E-state index contributed by atoms with van der Waals surface area (Å²) in [6.45, 7) is 3.88. The molecule has 0 aromatic rings. The van der Waals surface area contributed by atoms with Crippen LogP contribution in [0.25, 0.3) is 0 Å². The summed E-state index contributed by atoms with van der Waals surface area (Å²) in [5.41, 5.74) is 0. The van der Waals surface area contributed by atoms with Crippen molar-refractivity contribution in [2.24, 2.45) is 0 Å². The van der Waals surface area contributed by atoms with Crippen LogP contribution in [0.2, 0.25) is 0 Å². The number of carbonyl (C=O) groups excluding carboxylic acids is 2. The average Bonchev–Trinajstić information content (AvgIpc) is 2.90. The van der Waals surface area contributed by atoms with E-state index in [1.54, 1.807) is 6.92 Å². The molecule has 0 aliphatic carbocycles.